The van der Waals surface area contributed by atoms with Gasteiger partial charge < -0.3 is 10.4 Å². The average Bonchev–Trinajstić information content (AvgIpc) is 1.69. The molecule has 0 bridgehead atoms. The van der Waals surface area contributed by atoms with Gasteiger partial charge in [-0.1, -0.05) is 0 Å². The third kappa shape index (κ3) is 0.924. The highest BCUT2D eigenvalue weighted by molar-refractivity contribution is 5.75. The number of rotatable bonds is 0. The molecule has 0 atom stereocenters. The maximum Gasteiger partial charge on any atom is 0.149 e. The lowest BCUT2D eigenvalue weighted by atomic mass is 10.5. The summed E-state index contributed by atoms with van der Waals surface area (Å²) >= 11 is 0. The van der Waals surface area contributed by atoms with E-state index in [-0.39, 0.29) is 5.76 Å². The van der Waals surface area contributed by atoms with Gasteiger partial charge in [-0.3, -0.25) is 4.99 Å². The average molecular weight is 98.1 g/mol. The lowest BCUT2D eigenvalue weighted by Gasteiger charge is -1.99. The van der Waals surface area contributed by atoms with E-state index in [9.17, 15) is 0 Å². The van der Waals surface area contributed by atoms with E-state index in [1.165, 1.54) is 12.4 Å². The molecule has 0 aliphatic carbocycles. The highest BCUT2D eigenvalue weighted by Crippen LogP contribution is 1.83. The zero-order valence-corrected chi connectivity index (χ0v) is 3.76. The molecule has 1 aliphatic rings. The van der Waals surface area contributed by atoms with Crippen LogP contribution in [0.15, 0.2) is 17.0 Å². The van der Waals surface area contributed by atoms with Gasteiger partial charge in [0.1, 0.15) is 12.4 Å². The number of allylic oxidation sites excluding steroid dienone is 1. The van der Waals surface area contributed by atoms with Crippen LogP contribution in [0.5, 0.6) is 0 Å². The number of hydrogen-bond donors (Lipinski definition) is 2. The first-order valence-corrected chi connectivity index (χ1v) is 2.02. The van der Waals surface area contributed by atoms with Gasteiger partial charge in [0.05, 0.1) is 6.21 Å². The van der Waals surface area contributed by atoms with Crippen LogP contribution >= 0.6 is 0 Å². The van der Waals surface area contributed by atoms with Crippen molar-refractivity contribution in [2.24, 2.45) is 4.99 Å². The van der Waals surface area contributed by atoms with Gasteiger partial charge in [0.25, 0.3) is 0 Å². The highest BCUT2D eigenvalue weighted by atomic mass is 16.3. The Balaban J connectivity index is 2.58. The van der Waals surface area contributed by atoms with Crippen molar-refractivity contribution in [2.75, 3.05) is 6.67 Å². The van der Waals surface area contributed by atoms with Gasteiger partial charge in [0.15, 0.2) is 0 Å². The van der Waals surface area contributed by atoms with Crippen molar-refractivity contribution in [3.8, 4) is 0 Å². The van der Waals surface area contributed by atoms with Gasteiger partial charge in [-0.15, -0.1) is 0 Å². The Kier molecular flexibility index (Phi) is 0.978. The van der Waals surface area contributed by atoms with Crippen LogP contribution in [-0.2, 0) is 0 Å². The summed E-state index contributed by atoms with van der Waals surface area (Å²) in [6.07, 6.45) is 2.92. The van der Waals surface area contributed by atoms with Crippen LogP contribution in [0.2, 0.25) is 0 Å². The Morgan fingerprint density at radius 1 is 1.86 bits per heavy atom. The molecule has 7 heavy (non-hydrogen) atoms. The number of hydrogen-bond acceptors (Lipinski definition) is 3. The van der Waals surface area contributed by atoms with E-state index in [2.05, 4.69) is 10.3 Å². The van der Waals surface area contributed by atoms with Crippen LogP contribution in [-0.4, -0.2) is 18.0 Å². The summed E-state index contributed by atoms with van der Waals surface area (Å²) in [6, 6.07) is 0. The molecule has 0 amide bonds. The fourth-order valence-electron chi connectivity index (χ4n) is 0.379. The van der Waals surface area contributed by atoms with E-state index in [1.54, 1.807) is 0 Å². The summed E-state index contributed by atoms with van der Waals surface area (Å²) in [4.78, 5) is 3.70. The van der Waals surface area contributed by atoms with Crippen LogP contribution in [0.1, 0.15) is 0 Å². The second-order valence-electron chi connectivity index (χ2n) is 1.24. The Morgan fingerprint density at radius 2 is 2.71 bits per heavy atom. The third-order valence-electron chi connectivity index (χ3n) is 0.656. The molecule has 1 heterocycles. The van der Waals surface area contributed by atoms with E-state index in [1.807, 2.05) is 0 Å². The monoisotopic (exact) mass is 98.0 g/mol. The SMILES string of the molecule is OC1=CNCN=C1. The second kappa shape index (κ2) is 1.64. The van der Waals surface area contributed by atoms with E-state index in [0.717, 1.165) is 0 Å². The molecule has 0 unspecified atom stereocenters. The van der Waals surface area contributed by atoms with Crippen molar-refractivity contribution < 1.29 is 5.11 Å². The molecule has 3 heteroatoms. The standard InChI is InChI=1S/C4H6N2O/c7-4-1-5-3-6-2-4/h1-2,5,7H,3H2. The van der Waals surface area contributed by atoms with E-state index in [4.69, 9.17) is 5.11 Å². The zero-order valence-electron chi connectivity index (χ0n) is 3.76. The fourth-order valence-corrected chi connectivity index (χ4v) is 0.379. The topological polar surface area (TPSA) is 44.6 Å². The molecule has 2 N–H and O–H groups in total. The maximum absolute atomic E-state index is 8.56. The molecule has 0 saturated carbocycles. The Bertz CT molecular complexity index is 117. The lowest BCUT2D eigenvalue weighted by molar-refractivity contribution is 0.438. The fraction of sp³-hybridized carbons (Fsp3) is 0.250. The number of aliphatic hydroxyl groups excluding tert-OH is 1. The zero-order chi connectivity index (χ0) is 5.11. The third-order valence-corrected chi connectivity index (χ3v) is 0.656. The van der Waals surface area contributed by atoms with Crippen LogP contribution < -0.4 is 5.32 Å². The molecule has 1 aliphatic heterocycles. The Labute approximate surface area is 41.4 Å². The minimum Gasteiger partial charge on any atom is -0.505 e. The van der Waals surface area contributed by atoms with Crippen molar-refractivity contribution >= 4 is 6.21 Å². The highest BCUT2D eigenvalue weighted by Gasteiger charge is 1.87. The smallest absolute Gasteiger partial charge is 0.149 e. The van der Waals surface area contributed by atoms with Crippen LogP contribution in [0.4, 0.5) is 0 Å². The van der Waals surface area contributed by atoms with Gasteiger partial charge in [-0.25, -0.2) is 0 Å². The molecular formula is C4H6N2O. The van der Waals surface area contributed by atoms with Crippen LogP contribution in [0.3, 0.4) is 0 Å². The van der Waals surface area contributed by atoms with Crippen molar-refractivity contribution in [3.05, 3.63) is 12.0 Å². The summed E-state index contributed by atoms with van der Waals surface area (Å²) in [6.45, 7) is 0.573. The predicted molar refractivity (Wildman–Crippen MR) is 27.2 cm³/mol. The minimum absolute atomic E-state index is 0.186. The summed E-state index contributed by atoms with van der Waals surface area (Å²) in [7, 11) is 0. The van der Waals surface area contributed by atoms with Crippen LogP contribution in [0.25, 0.3) is 0 Å². The first-order valence-electron chi connectivity index (χ1n) is 2.02. The van der Waals surface area contributed by atoms with Gasteiger partial charge in [-0.05, 0) is 0 Å². The molecule has 0 spiro atoms. The van der Waals surface area contributed by atoms with Crippen molar-refractivity contribution in [3.63, 3.8) is 0 Å². The van der Waals surface area contributed by atoms with Gasteiger partial charge in [-0.2, -0.15) is 0 Å². The van der Waals surface area contributed by atoms with Gasteiger partial charge >= 0.3 is 0 Å². The summed E-state index contributed by atoms with van der Waals surface area (Å²) < 4.78 is 0. The van der Waals surface area contributed by atoms with Crippen molar-refractivity contribution in [1.82, 2.24) is 5.32 Å². The number of nitrogens with zero attached hydrogens (tertiary/aromatic N) is 1. The van der Waals surface area contributed by atoms with E-state index < -0.39 is 0 Å². The molecule has 38 valence electrons. The molecular weight excluding hydrogens is 92.1 g/mol. The van der Waals surface area contributed by atoms with Crippen molar-refractivity contribution in [2.45, 2.75) is 0 Å². The quantitative estimate of drug-likeness (QED) is 0.448. The number of aliphatic imine (C=N–C) groups is 1. The lowest BCUT2D eigenvalue weighted by Crippen LogP contribution is -2.10. The maximum atomic E-state index is 8.56. The summed E-state index contributed by atoms with van der Waals surface area (Å²) in [5.74, 6) is 0.186. The molecule has 0 radical (unpaired) electrons. The first-order chi connectivity index (χ1) is 3.39. The summed E-state index contributed by atoms with van der Waals surface area (Å²) in [5.41, 5.74) is 0. The van der Waals surface area contributed by atoms with Gasteiger partial charge in [0, 0.05) is 6.20 Å². The Morgan fingerprint density at radius 3 is 3.00 bits per heavy atom. The molecule has 1 rings (SSSR count). The molecule has 0 aromatic heterocycles. The first kappa shape index (κ1) is 4.18. The number of nitrogens with one attached hydrogen (secondary N) is 1. The second-order valence-corrected chi connectivity index (χ2v) is 1.24. The van der Waals surface area contributed by atoms with E-state index >= 15 is 0 Å². The van der Waals surface area contributed by atoms with E-state index in [0.29, 0.717) is 6.67 Å². The normalized spacial score (nSPS) is 18.0. The molecule has 0 fully saturated rings. The minimum atomic E-state index is 0.186. The molecule has 3 nitrogen and oxygen atoms in total. The largest absolute Gasteiger partial charge is 0.505 e. The molecule has 0 aromatic rings. The molecule has 0 saturated heterocycles. The van der Waals surface area contributed by atoms with Gasteiger partial charge in [0.2, 0.25) is 0 Å². The predicted octanol–water partition coefficient (Wildman–Crippen LogP) is 0.0173. The Hall–Kier alpha value is -0.990. The van der Waals surface area contributed by atoms with Crippen molar-refractivity contribution in [1.29, 1.82) is 0 Å². The molecule has 0 aromatic carbocycles. The van der Waals surface area contributed by atoms with Crippen LogP contribution in [0, 0.1) is 0 Å². The number of aliphatic hydroxyl groups is 1. The summed E-state index contributed by atoms with van der Waals surface area (Å²) in [5, 5.41) is 11.3.